The second kappa shape index (κ2) is 7.56. The van der Waals surface area contributed by atoms with E-state index >= 15 is 0 Å². The number of nitrogens with two attached hydrogens (primary N) is 1. The molecule has 8 heteroatoms. The highest BCUT2D eigenvalue weighted by molar-refractivity contribution is 6.04. The van der Waals surface area contributed by atoms with Gasteiger partial charge in [-0.3, -0.25) is 14.5 Å². The SMILES string of the molecule is Cc1c(C(N)=O)ccc(N2C=C(C(=O)O)[C@H](c3ccc(F)cc3)CC2=O)c1C#N. The molecule has 0 unspecified atom stereocenters. The van der Waals surface area contributed by atoms with Crippen molar-refractivity contribution in [2.45, 2.75) is 19.3 Å². The summed E-state index contributed by atoms with van der Waals surface area (Å²) in [7, 11) is 0. The van der Waals surface area contributed by atoms with E-state index in [0.29, 0.717) is 11.1 Å². The molecule has 7 nitrogen and oxygen atoms in total. The first kappa shape index (κ1) is 19.8. The zero-order chi connectivity index (χ0) is 21.3. The Morgan fingerprint density at radius 2 is 1.90 bits per heavy atom. The van der Waals surface area contributed by atoms with Crippen LogP contribution >= 0.6 is 0 Å². The third kappa shape index (κ3) is 3.58. The van der Waals surface area contributed by atoms with E-state index in [-0.39, 0.29) is 28.8 Å². The van der Waals surface area contributed by atoms with E-state index in [0.717, 1.165) is 4.90 Å². The maximum Gasteiger partial charge on any atom is 0.333 e. The van der Waals surface area contributed by atoms with Gasteiger partial charge in [-0.15, -0.1) is 0 Å². The minimum atomic E-state index is -1.24. The smallest absolute Gasteiger partial charge is 0.333 e. The van der Waals surface area contributed by atoms with Crippen LogP contribution < -0.4 is 10.6 Å². The maximum absolute atomic E-state index is 13.2. The van der Waals surface area contributed by atoms with Gasteiger partial charge in [-0.25, -0.2) is 9.18 Å². The average molecular weight is 393 g/mol. The zero-order valence-corrected chi connectivity index (χ0v) is 15.3. The highest BCUT2D eigenvalue weighted by Crippen LogP contribution is 2.36. The van der Waals surface area contributed by atoms with Crippen LogP contribution in [0.25, 0.3) is 0 Å². The minimum Gasteiger partial charge on any atom is -0.478 e. The van der Waals surface area contributed by atoms with Gasteiger partial charge in [0.15, 0.2) is 0 Å². The number of benzene rings is 2. The van der Waals surface area contributed by atoms with Crippen LogP contribution in [0.1, 0.15) is 39.4 Å². The van der Waals surface area contributed by atoms with Crippen LogP contribution in [0.2, 0.25) is 0 Å². The Balaban J connectivity index is 2.13. The summed E-state index contributed by atoms with van der Waals surface area (Å²) in [4.78, 5) is 37.3. The Labute approximate surface area is 165 Å². The third-order valence-corrected chi connectivity index (χ3v) is 4.89. The number of amides is 2. The van der Waals surface area contributed by atoms with Crippen molar-refractivity contribution in [1.82, 2.24) is 0 Å². The lowest BCUT2D eigenvalue weighted by atomic mass is 9.85. The van der Waals surface area contributed by atoms with Crippen molar-refractivity contribution in [1.29, 1.82) is 5.26 Å². The molecular weight excluding hydrogens is 377 g/mol. The first-order chi connectivity index (χ1) is 13.7. The van der Waals surface area contributed by atoms with Gasteiger partial charge in [-0.1, -0.05) is 12.1 Å². The average Bonchev–Trinajstić information content (AvgIpc) is 2.67. The molecule has 1 heterocycles. The quantitative estimate of drug-likeness (QED) is 0.826. The predicted molar refractivity (Wildman–Crippen MR) is 101 cm³/mol. The number of hydrogen-bond acceptors (Lipinski definition) is 4. The molecule has 2 aromatic rings. The van der Waals surface area contributed by atoms with E-state index in [1.54, 1.807) is 0 Å². The molecule has 2 amide bonds. The number of carboxylic acid groups (broad SMARTS) is 1. The van der Waals surface area contributed by atoms with Crippen molar-refractivity contribution in [3.8, 4) is 6.07 Å². The van der Waals surface area contributed by atoms with Crippen LogP contribution in [-0.2, 0) is 9.59 Å². The highest BCUT2D eigenvalue weighted by atomic mass is 19.1. The lowest BCUT2D eigenvalue weighted by molar-refractivity contribution is -0.133. The van der Waals surface area contributed by atoms with Crippen LogP contribution in [0.15, 0.2) is 48.2 Å². The number of hydrogen-bond donors (Lipinski definition) is 2. The second-order valence-corrected chi connectivity index (χ2v) is 6.57. The van der Waals surface area contributed by atoms with Crippen LogP contribution in [-0.4, -0.2) is 22.9 Å². The number of carboxylic acids is 1. The number of rotatable bonds is 4. The maximum atomic E-state index is 13.2. The first-order valence-corrected chi connectivity index (χ1v) is 8.60. The summed E-state index contributed by atoms with van der Waals surface area (Å²) in [6.07, 6.45) is 0.993. The Morgan fingerprint density at radius 1 is 1.24 bits per heavy atom. The molecule has 0 radical (unpaired) electrons. The van der Waals surface area contributed by atoms with Gasteiger partial charge in [-0.2, -0.15) is 5.26 Å². The van der Waals surface area contributed by atoms with E-state index in [1.807, 2.05) is 6.07 Å². The molecule has 2 aromatic carbocycles. The Bertz CT molecular complexity index is 1100. The zero-order valence-electron chi connectivity index (χ0n) is 15.3. The summed E-state index contributed by atoms with van der Waals surface area (Å²) >= 11 is 0. The van der Waals surface area contributed by atoms with Crippen molar-refractivity contribution in [2.24, 2.45) is 5.73 Å². The summed E-state index contributed by atoms with van der Waals surface area (Å²) in [5, 5.41) is 19.2. The van der Waals surface area contributed by atoms with Crippen molar-refractivity contribution >= 4 is 23.5 Å². The van der Waals surface area contributed by atoms with Gasteiger partial charge in [0.1, 0.15) is 11.9 Å². The molecule has 1 aliphatic heterocycles. The number of carbonyl (C=O) groups is 3. The topological polar surface area (TPSA) is 124 Å². The fourth-order valence-corrected chi connectivity index (χ4v) is 3.39. The van der Waals surface area contributed by atoms with Crippen molar-refractivity contribution in [2.75, 3.05) is 4.90 Å². The van der Waals surface area contributed by atoms with Gasteiger partial charge in [0.2, 0.25) is 11.8 Å². The van der Waals surface area contributed by atoms with Gasteiger partial charge in [0.05, 0.1) is 16.8 Å². The molecule has 29 heavy (non-hydrogen) atoms. The minimum absolute atomic E-state index is 0.0517. The largest absolute Gasteiger partial charge is 0.478 e. The van der Waals surface area contributed by atoms with Gasteiger partial charge < -0.3 is 10.8 Å². The van der Waals surface area contributed by atoms with E-state index < -0.39 is 29.5 Å². The summed E-state index contributed by atoms with van der Waals surface area (Å²) in [5.41, 5.74) is 6.38. The van der Waals surface area contributed by atoms with E-state index in [4.69, 9.17) is 5.73 Å². The van der Waals surface area contributed by atoms with Crippen molar-refractivity contribution in [3.05, 3.63) is 76.2 Å². The standard InChI is InChI=1S/C21H16FN3O4/c1-11-14(20(24)27)6-7-18(16(11)9-23)25-10-17(21(28)29)15(8-19(25)26)12-2-4-13(22)5-3-12/h2-7,10,15H,8H2,1H3,(H2,24,27)(H,28,29)/t15-/m0/s1. The fraction of sp³-hybridized carbons (Fsp3) is 0.143. The molecule has 3 N–H and O–H groups in total. The number of nitriles is 1. The number of anilines is 1. The summed E-state index contributed by atoms with van der Waals surface area (Å²) in [6.45, 7) is 1.53. The first-order valence-electron chi connectivity index (χ1n) is 8.60. The van der Waals surface area contributed by atoms with Crippen molar-refractivity contribution in [3.63, 3.8) is 0 Å². The molecule has 0 aromatic heterocycles. The second-order valence-electron chi connectivity index (χ2n) is 6.57. The molecule has 146 valence electrons. The molecule has 0 fully saturated rings. The van der Waals surface area contributed by atoms with Gasteiger partial charge >= 0.3 is 5.97 Å². The Kier molecular flexibility index (Phi) is 5.15. The number of halogens is 1. The lowest BCUT2D eigenvalue weighted by Crippen LogP contribution is -2.35. The Hall–Kier alpha value is -3.99. The number of carbonyl (C=O) groups excluding carboxylic acids is 2. The van der Waals surface area contributed by atoms with E-state index in [1.165, 1.54) is 49.5 Å². The number of nitrogens with zero attached hydrogens (tertiary/aromatic N) is 2. The van der Waals surface area contributed by atoms with E-state index in [9.17, 15) is 29.1 Å². The van der Waals surface area contributed by atoms with Crippen LogP contribution in [0.4, 0.5) is 10.1 Å². The molecule has 0 saturated carbocycles. The molecule has 3 rings (SSSR count). The van der Waals surface area contributed by atoms with Crippen LogP contribution in [0, 0.1) is 24.1 Å². The molecule has 0 bridgehead atoms. The summed E-state index contributed by atoms with van der Waals surface area (Å²) < 4.78 is 13.2. The molecule has 0 aliphatic carbocycles. The number of primary amides is 1. The molecule has 1 aliphatic rings. The molecule has 1 atom stereocenters. The molecular formula is C21H16FN3O4. The fourth-order valence-electron chi connectivity index (χ4n) is 3.39. The molecule has 0 spiro atoms. The predicted octanol–water partition coefficient (Wildman–Crippen LogP) is 2.59. The van der Waals surface area contributed by atoms with E-state index in [2.05, 4.69) is 0 Å². The molecule has 0 saturated heterocycles. The van der Waals surface area contributed by atoms with Gasteiger partial charge in [-0.05, 0) is 42.3 Å². The van der Waals surface area contributed by atoms with Crippen molar-refractivity contribution < 1.29 is 23.9 Å². The number of aliphatic carboxylic acids is 1. The lowest BCUT2D eigenvalue weighted by Gasteiger charge is -2.30. The van der Waals surface area contributed by atoms with Gasteiger partial charge in [0, 0.05) is 24.1 Å². The van der Waals surface area contributed by atoms with Crippen LogP contribution in [0.5, 0.6) is 0 Å². The normalized spacial score (nSPS) is 16.2. The Morgan fingerprint density at radius 3 is 2.45 bits per heavy atom. The van der Waals surface area contributed by atoms with Gasteiger partial charge in [0.25, 0.3) is 0 Å². The summed E-state index contributed by atoms with van der Waals surface area (Å²) in [5.74, 6) is -3.61. The van der Waals surface area contributed by atoms with Crippen LogP contribution in [0.3, 0.4) is 0 Å². The summed E-state index contributed by atoms with van der Waals surface area (Å²) in [6, 6.07) is 10.0. The third-order valence-electron chi connectivity index (χ3n) is 4.89. The highest BCUT2D eigenvalue weighted by Gasteiger charge is 2.34. The monoisotopic (exact) mass is 393 g/mol.